The predicted molar refractivity (Wildman–Crippen MR) is 50.3 cm³/mol. The van der Waals surface area contributed by atoms with Crippen LogP contribution in [0, 0.1) is 0 Å². The van der Waals surface area contributed by atoms with Crippen LogP contribution in [-0.2, 0) is 9.09 Å². The van der Waals surface area contributed by atoms with Crippen molar-refractivity contribution >= 4 is 24.8 Å². The molecule has 1 heterocycles. The Morgan fingerprint density at radius 2 is 2.46 bits per heavy atom. The van der Waals surface area contributed by atoms with Crippen LogP contribution < -0.4 is 10.4 Å². The average molecular weight is 227 g/mol. The van der Waals surface area contributed by atoms with E-state index >= 15 is 0 Å². The lowest BCUT2D eigenvalue weighted by Gasteiger charge is -2.22. The summed E-state index contributed by atoms with van der Waals surface area (Å²) in [6.07, 6.45) is 0.771. The Morgan fingerprint density at radius 1 is 1.69 bits per heavy atom. The van der Waals surface area contributed by atoms with Gasteiger partial charge in [0.25, 0.3) is 0 Å². The highest BCUT2D eigenvalue weighted by Gasteiger charge is 2.34. The Bertz CT molecular complexity index is 226. The smallest absolute Gasteiger partial charge is 0.345 e. The first kappa shape index (κ1) is 11.0. The zero-order chi connectivity index (χ0) is 9.73. The summed E-state index contributed by atoms with van der Waals surface area (Å²) in [7, 11) is -3.29. The van der Waals surface area contributed by atoms with Crippen LogP contribution in [0.3, 0.4) is 0 Å². The number of hydrogen-bond acceptors (Lipinski definition) is 3. The lowest BCUT2D eigenvalue weighted by Crippen LogP contribution is -2.33. The number of nitrogens with one attached hydrogen (secondary N) is 2. The van der Waals surface area contributed by atoms with Crippen molar-refractivity contribution in [3.05, 3.63) is 0 Å². The number of halogens is 1. The largest absolute Gasteiger partial charge is 0.356 e. The van der Waals surface area contributed by atoms with Gasteiger partial charge in [-0.25, -0.2) is 5.09 Å². The highest BCUT2D eigenvalue weighted by atomic mass is 35.5. The number of carbonyl (C=O) groups excluding carboxylic acids is 1. The Morgan fingerprint density at radius 3 is 3.00 bits per heavy atom. The van der Waals surface area contributed by atoms with Crippen molar-refractivity contribution in [1.82, 2.24) is 10.4 Å². The lowest BCUT2D eigenvalue weighted by atomic mass is 10.5. The van der Waals surface area contributed by atoms with E-state index in [2.05, 4.69) is 10.4 Å². The van der Waals surface area contributed by atoms with Crippen molar-refractivity contribution in [3.8, 4) is 0 Å². The summed E-state index contributed by atoms with van der Waals surface area (Å²) < 4.78 is 16.6. The van der Waals surface area contributed by atoms with Crippen LogP contribution in [0.1, 0.15) is 6.42 Å². The number of carbonyl (C=O) groups is 1. The Hall–Kier alpha value is -0.0900. The first-order valence-corrected chi connectivity index (χ1v) is 6.19. The molecule has 0 saturated carbocycles. The molecule has 0 radical (unpaired) electrons. The van der Waals surface area contributed by atoms with Gasteiger partial charge in [0.2, 0.25) is 0 Å². The molecule has 1 unspecified atom stereocenters. The number of amides is 1. The molecule has 0 spiro atoms. The van der Waals surface area contributed by atoms with Crippen LogP contribution in [0.4, 0.5) is 4.79 Å². The highest BCUT2D eigenvalue weighted by Crippen LogP contribution is 2.44. The molecule has 1 fully saturated rings. The molecule has 0 aromatic heterocycles. The maximum absolute atomic E-state index is 11.7. The van der Waals surface area contributed by atoms with Gasteiger partial charge in [-0.1, -0.05) is 0 Å². The number of rotatable bonds is 3. The molecular formula is C6H12ClN2O3P. The summed E-state index contributed by atoms with van der Waals surface area (Å²) in [6, 6.07) is 0. The van der Waals surface area contributed by atoms with Crippen LogP contribution in [0.2, 0.25) is 0 Å². The van der Waals surface area contributed by atoms with E-state index < -0.39 is 13.2 Å². The quantitative estimate of drug-likeness (QED) is 0.559. The lowest BCUT2D eigenvalue weighted by molar-refractivity contribution is 0.240. The first-order valence-electron chi connectivity index (χ1n) is 4.03. The minimum atomic E-state index is -3.29. The number of alkyl halides is 1. The van der Waals surface area contributed by atoms with Gasteiger partial charge >= 0.3 is 13.2 Å². The van der Waals surface area contributed by atoms with Gasteiger partial charge < -0.3 is 9.84 Å². The van der Waals surface area contributed by atoms with Gasteiger partial charge in [-0.05, 0) is 6.42 Å². The molecular weight excluding hydrogens is 215 g/mol. The van der Waals surface area contributed by atoms with E-state index in [1.54, 1.807) is 0 Å². The van der Waals surface area contributed by atoms with Gasteiger partial charge in [0.15, 0.2) is 0 Å². The molecule has 1 saturated heterocycles. The molecule has 0 aromatic rings. The van der Waals surface area contributed by atoms with Crippen molar-refractivity contribution in [3.63, 3.8) is 0 Å². The molecule has 1 aliphatic rings. The van der Waals surface area contributed by atoms with Crippen LogP contribution in [0.25, 0.3) is 0 Å². The molecule has 2 N–H and O–H groups in total. The fourth-order valence-corrected chi connectivity index (χ4v) is 2.53. The molecule has 13 heavy (non-hydrogen) atoms. The van der Waals surface area contributed by atoms with Crippen molar-refractivity contribution in [1.29, 1.82) is 0 Å². The van der Waals surface area contributed by atoms with E-state index in [1.165, 1.54) is 0 Å². The van der Waals surface area contributed by atoms with Crippen molar-refractivity contribution < 1.29 is 13.9 Å². The molecule has 0 aromatic carbocycles. The van der Waals surface area contributed by atoms with E-state index in [1.807, 2.05) is 0 Å². The maximum Gasteiger partial charge on any atom is 0.356 e. The SMILES string of the molecule is O=C(NCCCl)P1(=O)NCCCO1. The van der Waals surface area contributed by atoms with Crippen LogP contribution in [0.5, 0.6) is 0 Å². The normalized spacial score (nSPS) is 28.4. The average Bonchev–Trinajstić information content (AvgIpc) is 2.15. The Labute approximate surface area is 81.7 Å². The van der Waals surface area contributed by atoms with E-state index in [-0.39, 0.29) is 0 Å². The molecule has 5 nitrogen and oxygen atoms in total. The third-order valence-electron chi connectivity index (χ3n) is 1.55. The van der Waals surface area contributed by atoms with E-state index in [9.17, 15) is 9.36 Å². The summed E-state index contributed by atoms with van der Waals surface area (Å²) in [6.45, 7) is 1.21. The summed E-state index contributed by atoms with van der Waals surface area (Å²) in [4.78, 5) is 11.3. The molecule has 7 heteroatoms. The van der Waals surface area contributed by atoms with Crippen LogP contribution in [-0.4, -0.2) is 31.2 Å². The third-order valence-corrected chi connectivity index (χ3v) is 3.62. The Kier molecular flexibility index (Phi) is 4.19. The fraction of sp³-hybridized carbons (Fsp3) is 0.833. The van der Waals surface area contributed by atoms with Gasteiger partial charge in [-0.3, -0.25) is 9.36 Å². The second kappa shape index (κ2) is 4.96. The van der Waals surface area contributed by atoms with Gasteiger partial charge in [0.05, 0.1) is 6.61 Å². The molecule has 1 aliphatic heterocycles. The maximum atomic E-state index is 11.7. The minimum Gasteiger partial charge on any atom is -0.345 e. The molecule has 0 bridgehead atoms. The minimum absolute atomic E-state index is 0.297. The van der Waals surface area contributed by atoms with Gasteiger partial charge in [0.1, 0.15) is 0 Å². The predicted octanol–water partition coefficient (Wildman–Crippen LogP) is 1.14. The third kappa shape index (κ3) is 2.95. The Balaban J connectivity index is 2.47. The highest BCUT2D eigenvalue weighted by molar-refractivity contribution is 7.74. The van der Waals surface area contributed by atoms with E-state index in [0.29, 0.717) is 25.6 Å². The second-order valence-corrected chi connectivity index (χ2v) is 5.03. The standard InChI is InChI=1S/C6H12ClN2O3P/c7-2-4-8-6(10)13(11)9-3-1-5-12-13/h1-5H2,(H,8,10)(H,9,11). The zero-order valence-electron chi connectivity index (χ0n) is 7.09. The molecule has 1 rings (SSSR count). The van der Waals surface area contributed by atoms with E-state index in [4.69, 9.17) is 16.1 Å². The van der Waals surface area contributed by atoms with Gasteiger partial charge in [-0.2, -0.15) is 0 Å². The summed E-state index contributed by atoms with van der Waals surface area (Å²) in [5, 5.41) is 5.00. The fourth-order valence-electron chi connectivity index (χ4n) is 0.926. The monoisotopic (exact) mass is 226 g/mol. The van der Waals surface area contributed by atoms with Gasteiger partial charge in [-0.15, -0.1) is 11.6 Å². The molecule has 76 valence electrons. The van der Waals surface area contributed by atoms with Crippen molar-refractivity contribution in [2.45, 2.75) is 6.42 Å². The van der Waals surface area contributed by atoms with Gasteiger partial charge in [0, 0.05) is 19.0 Å². The van der Waals surface area contributed by atoms with E-state index in [0.717, 1.165) is 6.42 Å². The molecule has 1 atom stereocenters. The second-order valence-electron chi connectivity index (χ2n) is 2.57. The molecule has 1 amide bonds. The zero-order valence-corrected chi connectivity index (χ0v) is 8.74. The van der Waals surface area contributed by atoms with Crippen LogP contribution >= 0.6 is 19.1 Å². The topological polar surface area (TPSA) is 67.4 Å². The molecule has 0 aliphatic carbocycles. The number of hydrogen-bond donors (Lipinski definition) is 2. The first-order chi connectivity index (χ1) is 6.19. The van der Waals surface area contributed by atoms with Crippen molar-refractivity contribution in [2.24, 2.45) is 0 Å². The van der Waals surface area contributed by atoms with Crippen LogP contribution in [0.15, 0.2) is 0 Å². The summed E-state index contributed by atoms with van der Waals surface area (Å²) in [5.41, 5.74) is -0.590. The summed E-state index contributed by atoms with van der Waals surface area (Å²) >= 11 is 5.36. The summed E-state index contributed by atoms with van der Waals surface area (Å²) in [5.74, 6) is 0.297. The van der Waals surface area contributed by atoms with Crippen molar-refractivity contribution in [2.75, 3.05) is 25.6 Å².